The minimum absolute atomic E-state index is 0.151. The fourth-order valence-electron chi connectivity index (χ4n) is 3.80. The van der Waals surface area contributed by atoms with Gasteiger partial charge in [0.05, 0.1) is 23.7 Å². The molecule has 1 aromatic heterocycles. The molecule has 0 aliphatic carbocycles. The first-order chi connectivity index (χ1) is 14.0. The third-order valence-corrected chi connectivity index (χ3v) is 6.64. The van der Waals surface area contributed by atoms with Gasteiger partial charge >= 0.3 is 6.09 Å². The van der Waals surface area contributed by atoms with Crippen LogP contribution in [0.3, 0.4) is 0 Å². The molecule has 0 radical (unpaired) electrons. The van der Waals surface area contributed by atoms with Crippen molar-refractivity contribution in [3.8, 4) is 11.5 Å². The van der Waals surface area contributed by atoms with Crippen molar-refractivity contribution in [1.82, 2.24) is 10.2 Å². The van der Waals surface area contributed by atoms with Crippen LogP contribution in [0.5, 0.6) is 11.5 Å². The summed E-state index contributed by atoms with van der Waals surface area (Å²) in [6.45, 7) is 3.24. The number of rotatable bonds is 2. The summed E-state index contributed by atoms with van der Waals surface area (Å²) in [6, 6.07) is 3.48. The lowest BCUT2D eigenvalue weighted by Gasteiger charge is -2.28. The zero-order valence-electron chi connectivity index (χ0n) is 15.5. The van der Waals surface area contributed by atoms with E-state index in [1.54, 1.807) is 24.0 Å². The molecule has 4 heterocycles. The summed E-state index contributed by atoms with van der Waals surface area (Å²) in [5.41, 5.74) is 2.35. The van der Waals surface area contributed by atoms with Crippen LogP contribution < -0.4 is 20.1 Å². The molecule has 2 amide bonds. The Labute approximate surface area is 175 Å². The van der Waals surface area contributed by atoms with Gasteiger partial charge in [-0.25, -0.2) is 4.79 Å². The zero-order chi connectivity index (χ0) is 20.1. The maximum Gasteiger partial charge on any atom is 0.410 e. The highest BCUT2D eigenvalue weighted by molar-refractivity contribution is 7.16. The van der Waals surface area contributed by atoms with Crippen LogP contribution in [-0.4, -0.2) is 36.8 Å². The van der Waals surface area contributed by atoms with Gasteiger partial charge in [-0.3, -0.25) is 4.79 Å². The number of thiophene rings is 1. The maximum absolute atomic E-state index is 12.9. The molecule has 0 spiro atoms. The minimum Gasteiger partial charge on any atom is -0.454 e. The molecule has 152 valence electrons. The number of hydrogen-bond acceptors (Lipinski definition) is 7. The van der Waals surface area contributed by atoms with Crippen LogP contribution in [0, 0.1) is 0 Å². The van der Waals surface area contributed by atoms with Gasteiger partial charge in [-0.2, -0.15) is 0 Å². The molecule has 0 bridgehead atoms. The number of nitrogens with one attached hydrogen (secondary N) is 2. The maximum atomic E-state index is 12.9. The molecule has 5 rings (SSSR count). The van der Waals surface area contributed by atoms with E-state index >= 15 is 0 Å². The van der Waals surface area contributed by atoms with Crippen molar-refractivity contribution in [2.45, 2.75) is 26.1 Å². The van der Waals surface area contributed by atoms with Crippen molar-refractivity contribution in [3.63, 3.8) is 0 Å². The average molecular weight is 436 g/mol. The molecular weight excluding hydrogens is 418 g/mol. The predicted octanol–water partition coefficient (Wildman–Crippen LogP) is 3.50. The van der Waals surface area contributed by atoms with Crippen LogP contribution in [-0.2, 0) is 17.7 Å². The Kier molecular flexibility index (Phi) is 4.44. The Bertz CT molecular complexity index is 1020. The second-order valence-electron chi connectivity index (χ2n) is 6.86. The Morgan fingerprint density at radius 3 is 2.93 bits per heavy atom. The second-order valence-corrected chi connectivity index (χ2v) is 8.37. The van der Waals surface area contributed by atoms with E-state index in [0.717, 1.165) is 15.4 Å². The van der Waals surface area contributed by atoms with E-state index in [1.165, 1.54) is 11.3 Å². The SMILES string of the molecule is CCOC(=O)N1CCc2c(sc3c2C(=O)N[C@H](c2cc4c(cc2Cl)OCO4)N3)C1. The van der Waals surface area contributed by atoms with Crippen LogP contribution in [0.1, 0.15) is 39.5 Å². The van der Waals surface area contributed by atoms with E-state index < -0.39 is 6.17 Å². The lowest BCUT2D eigenvalue weighted by Crippen LogP contribution is -2.39. The van der Waals surface area contributed by atoms with Crippen molar-refractivity contribution in [2.75, 3.05) is 25.3 Å². The number of nitrogens with zero attached hydrogens (tertiary/aromatic N) is 1. The van der Waals surface area contributed by atoms with Gasteiger partial charge in [-0.05, 0) is 25.0 Å². The Morgan fingerprint density at radius 2 is 2.14 bits per heavy atom. The van der Waals surface area contributed by atoms with Crippen molar-refractivity contribution in [1.29, 1.82) is 0 Å². The van der Waals surface area contributed by atoms with E-state index in [9.17, 15) is 9.59 Å². The molecule has 2 aromatic rings. The summed E-state index contributed by atoms with van der Waals surface area (Å²) in [5.74, 6) is 1.04. The molecule has 0 fully saturated rings. The molecule has 0 saturated carbocycles. The molecule has 3 aliphatic heterocycles. The van der Waals surface area contributed by atoms with Crippen LogP contribution in [0.25, 0.3) is 0 Å². The highest BCUT2D eigenvalue weighted by Crippen LogP contribution is 2.44. The number of benzene rings is 1. The molecule has 0 unspecified atom stereocenters. The highest BCUT2D eigenvalue weighted by atomic mass is 35.5. The minimum atomic E-state index is -0.488. The Hall–Kier alpha value is -2.65. The van der Waals surface area contributed by atoms with Crippen LogP contribution >= 0.6 is 22.9 Å². The normalized spacial score (nSPS) is 19.2. The number of fused-ring (bicyclic) bond motifs is 4. The van der Waals surface area contributed by atoms with Crippen molar-refractivity contribution in [2.24, 2.45) is 0 Å². The fourth-order valence-corrected chi connectivity index (χ4v) is 5.35. The summed E-state index contributed by atoms with van der Waals surface area (Å²) in [7, 11) is 0. The number of hydrogen-bond donors (Lipinski definition) is 2. The Morgan fingerprint density at radius 1 is 1.34 bits per heavy atom. The Balaban J connectivity index is 1.44. The monoisotopic (exact) mass is 435 g/mol. The standard InChI is InChI=1S/C19H18ClN3O5S/c1-2-26-19(25)23-4-3-9-14(7-23)29-18-15(9)17(24)21-16(22-18)10-5-12-13(6-11(10)20)28-8-27-12/h5-6,16,22H,2-4,7-8H2,1H3,(H,21,24)/t16-/m0/s1. The van der Waals surface area contributed by atoms with Crippen LogP contribution in [0.4, 0.5) is 9.80 Å². The van der Waals surface area contributed by atoms with Crippen molar-refractivity contribution in [3.05, 3.63) is 38.7 Å². The molecule has 29 heavy (non-hydrogen) atoms. The number of halogens is 1. The molecular formula is C19H18ClN3O5S. The summed E-state index contributed by atoms with van der Waals surface area (Å²) in [6.07, 6.45) is -0.199. The molecule has 1 aromatic carbocycles. The van der Waals surface area contributed by atoms with Gasteiger partial charge in [-0.1, -0.05) is 11.6 Å². The van der Waals surface area contributed by atoms with Gasteiger partial charge in [0.2, 0.25) is 6.79 Å². The summed E-state index contributed by atoms with van der Waals surface area (Å²) in [5, 5.41) is 7.61. The fraction of sp³-hybridized carbons (Fsp3) is 0.368. The van der Waals surface area contributed by atoms with E-state index in [1.807, 2.05) is 0 Å². The van der Waals surface area contributed by atoms with E-state index in [-0.39, 0.29) is 18.8 Å². The first-order valence-electron chi connectivity index (χ1n) is 9.27. The lowest BCUT2D eigenvalue weighted by molar-refractivity contribution is 0.0934. The molecule has 3 aliphatic rings. The lowest BCUT2D eigenvalue weighted by atomic mass is 10.0. The number of ether oxygens (including phenoxy) is 3. The number of carbonyl (C=O) groups excluding carboxylic acids is 2. The molecule has 0 saturated heterocycles. The summed E-state index contributed by atoms with van der Waals surface area (Å²) in [4.78, 5) is 27.6. The van der Waals surface area contributed by atoms with E-state index in [2.05, 4.69) is 10.6 Å². The summed E-state index contributed by atoms with van der Waals surface area (Å²) >= 11 is 7.91. The van der Waals surface area contributed by atoms with Gasteiger partial charge in [0.15, 0.2) is 11.5 Å². The second kappa shape index (κ2) is 7.00. The van der Waals surface area contributed by atoms with Gasteiger partial charge in [0.1, 0.15) is 11.2 Å². The van der Waals surface area contributed by atoms with Gasteiger partial charge in [0, 0.05) is 23.1 Å². The van der Waals surface area contributed by atoms with Gasteiger partial charge in [0.25, 0.3) is 5.91 Å². The predicted molar refractivity (Wildman–Crippen MR) is 107 cm³/mol. The summed E-state index contributed by atoms with van der Waals surface area (Å²) < 4.78 is 15.9. The topological polar surface area (TPSA) is 89.1 Å². The van der Waals surface area contributed by atoms with Crippen LogP contribution in [0.15, 0.2) is 12.1 Å². The zero-order valence-corrected chi connectivity index (χ0v) is 17.1. The van der Waals surface area contributed by atoms with Gasteiger partial charge in [-0.15, -0.1) is 11.3 Å². The molecule has 2 N–H and O–H groups in total. The van der Waals surface area contributed by atoms with Crippen molar-refractivity contribution < 1.29 is 23.8 Å². The molecule has 1 atom stereocenters. The third kappa shape index (κ3) is 3.05. The largest absolute Gasteiger partial charge is 0.454 e. The molecule has 8 nitrogen and oxygen atoms in total. The quantitative estimate of drug-likeness (QED) is 0.750. The highest BCUT2D eigenvalue weighted by Gasteiger charge is 2.35. The van der Waals surface area contributed by atoms with E-state index in [0.29, 0.717) is 53.8 Å². The number of carbonyl (C=O) groups is 2. The van der Waals surface area contributed by atoms with Gasteiger partial charge < -0.3 is 29.7 Å². The number of anilines is 1. The first-order valence-corrected chi connectivity index (χ1v) is 10.5. The van der Waals surface area contributed by atoms with Crippen molar-refractivity contribution >= 4 is 39.9 Å². The third-order valence-electron chi connectivity index (χ3n) is 5.16. The molecule has 10 heteroatoms. The van der Waals surface area contributed by atoms with Crippen LogP contribution in [0.2, 0.25) is 5.02 Å². The first kappa shape index (κ1) is 18.4. The van der Waals surface area contributed by atoms with E-state index in [4.69, 9.17) is 25.8 Å². The number of amides is 2. The smallest absolute Gasteiger partial charge is 0.410 e. The average Bonchev–Trinajstić information content (AvgIpc) is 3.30.